The summed E-state index contributed by atoms with van der Waals surface area (Å²) in [5.41, 5.74) is 5.02. The molecule has 76 valence electrons. The van der Waals surface area contributed by atoms with Crippen molar-refractivity contribution in [3.8, 4) is 5.75 Å². The van der Waals surface area contributed by atoms with Gasteiger partial charge in [0.25, 0.3) is 0 Å². The van der Waals surface area contributed by atoms with Crippen LogP contribution >= 0.6 is 15.9 Å². The molecule has 3 N–H and O–H groups in total. The molecule has 0 aliphatic carbocycles. The van der Waals surface area contributed by atoms with E-state index in [0.717, 1.165) is 6.07 Å². The molecule has 1 aromatic carbocycles. The zero-order valence-electron chi connectivity index (χ0n) is 7.17. The zero-order valence-corrected chi connectivity index (χ0v) is 8.76. The van der Waals surface area contributed by atoms with Crippen LogP contribution in [0.15, 0.2) is 10.5 Å². The fourth-order valence-corrected chi connectivity index (χ4v) is 1.43. The molecule has 1 aromatic rings. The Kier molecular flexibility index (Phi) is 2.95. The molecular weight excluding hydrogens is 257 g/mol. The number of carbonyl (C=O) groups is 1. The van der Waals surface area contributed by atoms with Crippen LogP contribution < -0.4 is 10.5 Å². The minimum atomic E-state index is -1.33. The number of ether oxygens (including phenoxy) is 1. The maximum absolute atomic E-state index is 13.2. The van der Waals surface area contributed by atoms with Gasteiger partial charge in [-0.1, -0.05) is 0 Å². The first kappa shape index (κ1) is 10.8. The fraction of sp³-hybridized carbons (Fsp3) is 0.125. The Morgan fingerprint density at radius 1 is 1.71 bits per heavy atom. The van der Waals surface area contributed by atoms with E-state index in [4.69, 9.17) is 10.8 Å². The average molecular weight is 264 g/mol. The second kappa shape index (κ2) is 3.83. The molecule has 0 radical (unpaired) electrons. The summed E-state index contributed by atoms with van der Waals surface area (Å²) in [6.45, 7) is 0. The number of benzene rings is 1. The lowest BCUT2D eigenvalue weighted by Gasteiger charge is -2.09. The van der Waals surface area contributed by atoms with Crippen molar-refractivity contribution in [1.82, 2.24) is 0 Å². The highest BCUT2D eigenvalue weighted by Gasteiger charge is 2.21. The fourth-order valence-electron chi connectivity index (χ4n) is 1.03. The first-order valence-electron chi connectivity index (χ1n) is 3.53. The van der Waals surface area contributed by atoms with Gasteiger partial charge in [-0.2, -0.15) is 0 Å². The van der Waals surface area contributed by atoms with E-state index in [2.05, 4.69) is 20.7 Å². The summed E-state index contributed by atoms with van der Waals surface area (Å²) in [6, 6.07) is 1.06. The van der Waals surface area contributed by atoms with Crippen molar-refractivity contribution in [2.24, 2.45) is 0 Å². The Bertz CT molecular complexity index is 395. The summed E-state index contributed by atoms with van der Waals surface area (Å²) in [7, 11) is 1.18. The third-order valence-corrected chi connectivity index (χ3v) is 2.30. The van der Waals surface area contributed by atoms with Gasteiger partial charge in [0.2, 0.25) is 0 Å². The molecular formula is C8H7BrFNO3. The highest BCUT2D eigenvalue weighted by atomic mass is 79.9. The van der Waals surface area contributed by atoms with Crippen molar-refractivity contribution < 1.29 is 19.0 Å². The van der Waals surface area contributed by atoms with Gasteiger partial charge in [0.1, 0.15) is 5.56 Å². The van der Waals surface area contributed by atoms with E-state index in [-0.39, 0.29) is 21.5 Å². The van der Waals surface area contributed by atoms with E-state index >= 15 is 0 Å². The maximum atomic E-state index is 13.2. The number of hydrogen-bond donors (Lipinski definition) is 2. The van der Waals surface area contributed by atoms with Crippen LogP contribution in [0.4, 0.5) is 10.1 Å². The summed E-state index contributed by atoms with van der Waals surface area (Å²) in [5, 5.41) is 8.78. The van der Waals surface area contributed by atoms with Crippen molar-refractivity contribution in [3.05, 3.63) is 21.9 Å². The third-order valence-electron chi connectivity index (χ3n) is 1.64. The Hall–Kier alpha value is -1.30. The van der Waals surface area contributed by atoms with Crippen molar-refractivity contribution in [2.45, 2.75) is 0 Å². The molecule has 0 aromatic heterocycles. The molecule has 1 rings (SSSR count). The lowest BCUT2D eigenvalue weighted by atomic mass is 10.1. The molecule has 6 heteroatoms. The van der Waals surface area contributed by atoms with Crippen LogP contribution in [0.1, 0.15) is 10.4 Å². The Balaban J connectivity index is 3.56. The second-order valence-corrected chi connectivity index (χ2v) is 3.32. The van der Waals surface area contributed by atoms with Crippen LogP contribution in [0.3, 0.4) is 0 Å². The SMILES string of the molecule is COc1c(F)cc(Br)c(N)c1C(=O)O. The van der Waals surface area contributed by atoms with Crippen molar-refractivity contribution >= 4 is 27.6 Å². The Labute approximate surface area is 87.6 Å². The van der Waals surface area contributed by atoms with E-state index < -0.39 is 11.8 Å². The van der Waals surface area contributed by atoms with Gasteiger partial charge in [0.05, 0.1) is 12.8 Å². The molecule has 4 nitrogen and oxygen atoms in total. The molecule has 0 saturated heterocycles. The first-order chi connectivity index (χ1) is 6.49. The monoisotopic (exact) mass is 263 g/mol. The molecule has 0 aliphatic heterocycles. The number of methoxy groups -OCH3 is 1. The predicted molar refractivity (Wildman–Crippen MR) is 52.0 cm³/mol. The normalized spacial score (nSPS) is 9.93. The minimum Gasteiger partial charge on any atom is -0.493 e. The van der Waals surface area contributed by atoms with E-state index in [9.17, 15) is 9.18 Å². The molecule has 0 fully saturated rings. The summed E-state index contributed by atoms with van der Waals surface area (Å²) < 4.78 is 18.0. The largest absolute Gasteiger partial charge is 0.493 e. The Morgan fingerprint density at radius 3 is 2.71 bits per heavy atom. The molecule has 0 amide bonds. The molecule has 0 bridgehead atoms. The van der Waals surface area contributed by atoms with Crippen LogP contribution in [-0.4, -0.2) is 18.2 Å². The number of hydrogen-bond acceptors (Lipinski definition) is 3. The molecule has 0 unspecified atom stereocenters. The van der Waals surface area contributed by atoms with E-state index in [0.29, 0.717) is 0 Å². The molecule has 0 atom stereocenters. The van der Waals surface area contributed by atoms with E-state index in [1.165, 1.54) is 7.11 Å². The quantitative estimate of drug-likeness (QED) is 0.800. The lowest BCUT2D eigenvalue weighted by Crippen LogP contribution is -2.07. The molecule has 0 saturated carbocycles. The number of carboxylic acids is 1. The van der Waals surface area contributed by atoms with Crippen LogP contribution in [0.5, 0.6) is 5.75 Å². The smallest absolute Gasteiger partial charge is 0.341 e. The molecule has 0 heterocycles. The second-order valence-electron chi connectivity index (χ2n) is 2.47. The summed E-state index contributed by atoms with van der Waals surface area (Å²) >= 11 is 2.94. The van der Waals surface area contributed by atoms with Gasteiger partial charge in [-0.15, -0.1) is 0 Å². The van der Waals surface area contributed by atoms with Crippen molar-refractivity contribution in [2.75, 3.05) is 12.8 Å². The van der Waals surface area contributed by atoms with Gasteiger partial charge in [-0.05, 0) is 22.0 Å². The minimum absolute atomic E-state index is 0.0595. The average Bonchev–Trinajstić information content (AvgIpc) is 2.10. The molecule has 0 spiro atoms. The van der Waals surface area contributed by atoms with E-state index in [1.807, 2.05) is 0 Å². The van der Waals surface area contributed by atoms with Gasteiger partial charge in [0, 0.05) is 4.47 Å². The zero-order chi connectivity index (χ0) is 10.9. The highest BCUT2D eigenvalue weighted by molar-refractivity contribution is 9.10. The first-order valence-corrected chi connectivity index (χ1v) is 4.33. The number of carboxylic acid groups (broad SMARTS) is 1. The highest BCUT2D eigenvalue weighted by Crippen LogP contribution is 2.33. The van der Waals surface area contributed by atoms with Gasteiger partial charge in [-0.25, -0.2) is 9.18 Å². The number of nitrogen functional groups attached to an aromatic ring is 1. The van der Waals surface area contributed by atoms with Crippen LogP contribution in [0, 0.1) is 5.82 Å². The molecule has 14 heavy (non-hydrogen) atoms. The summed E-state index contributed by atoms with van der Waals surface area (Å²) in [6.07, 6.45) is 0. The Morgan fingerprint density at radius 2 is 2.29 bits per heavy atom. The van der Waals surface area contributed by atoms with Gasteiger partial charge >= 0.3 is 5.97 Å². The third kappa shape index (κ3) is 1.65. The number of nitrogens with two attached hydrogens (primary N) is 1. The summed E-state index contributed by atoms with van der Waals surface area (Å²) in [5.74, 6) is -2.47. The summed E-state index contributed by atoms with van der Waals surface area (Å²) in [4.78, 5) is 10.8. The number of halogens is 2. The number of aromatic carboxylic acids is 1. The van der Waals surface area contributed by atoms with Gasteiger partial charge in [-0.3, -0.25) is 0 Å². The van der Waals surface area contributed by atoms with Crippen molar-refractivity contribution in [3.63, 3.8) is 0 Å². The topological polar surface area (TPSA) is 72.5 Å². The lowest BCUT2D eigenvalue weighted by molar-refractivity contribution is 0.0693. The van der Waals surface area contributed by atoms with Crippen LogP contribution in [0.2, 0.25) is 0 Å². The van der Waals surface area contributed by atoms with E-state index in [1.54, 1.807) is 0 Å². The number of anilines is 1. The van der Waals surface area contributed by atoms with Crippen molar-refractivity contribution in [1.29, 1.82) is 0 Å². The number of rotatable bonds is 2. The molecule has 0 aliphatic rings. The van der Waals surface area contributed by atoms with Gasteiger partial charge in [0.15, 0.2) is 11.6 Å². The van der Waals surface area contributed by atoms with Gasteiger partial charge < -0.3 is 15.6 Å². The standard InChI is InChI=1S/C8H7BrFNO3/c1-14-7-4(10)2-3(9)6(11)5(7)8(12)13/h2H,11H2,1H3,(H,12,13). The maximum Gasteiger partial charge on any atom is 0.341 e. The van der Waals surface area contributed by atoms with Crippen LogP contribution in [-0.2, 0) is 0 Å². The predicted octanol–water partition coefficient (Wildman–Crippen LogP) is 1.88. The van der Waals surface area contributed by atoms with Crippen LogP contribution in [0.25, 0.3) is 0 Å².